The number of nitrogens with one attached hydrogen (secondary N) is 1. The molecule has 2 nitrogen and oxygen atoms in total. The molecule has 80 valence electrons. The van der Waals surface area contributed by atoms with E-state index >= 15 is 0 Å². The van der Waals surface area contributed by atoms with Crippen LogP contribution in [0.2, 0.25) is 0 Å². The molecule has 0 amide bonds. The molecule has 0 spiro atoms. The van der Waals surface area contributed by atoms with E-state index in [1.165, 1.54) is 19.3 Å². The predicted octanol–water partition coefficient (Wildman–Crippen LogP) is 2.13. The number of carbonyl (C=O) groups is 1. The molecule has 2 fully saturated rings. The minimum atomic E-state index is -0.0623. The summed E-state index contributed by atoms with van der Waals surface area (Å²) in [5.74, 6) is 0.810. The lowest BCUT2D eigenvalue weighted by molar-refractivity contribution is -0.135. The van der Waals surface area contributed by atoms with E-state index in [2.05, 4.69) is 19.2 Å². The molecule has 1 saturated heterocycles. The van der Waals surface area contributed by atoms with Crippen LogP contribution in [0.25, 0.3) is 0 Å². The lowest BCUT2D eigenvalue weighted by atomic mass is 9.68. The maximum Gasteiger partial charge on any atom is 0.143 e. The number of hydrogen-bond donors (Lipinski definition) is 1. The maximum atomic E-state index is 12.2. The summed E-state index contributed by atoms with van der Waals surface area (Å²) < 4.78 is 0. The molecular weight excluding hydrogens is 174 g/mol. The lowest BCUT2D eigenvalue weighted by Crippen LogP contribution is -2.44. The molecule has 0 aromatic rings. The van der Waals surface area contributed by atoms with Gasteiger partial charge in [-0.05, 0) is 32.2 Å². The van der Waals surface area contributed by atoms with Gasteiger partial charge in [-0.3, -0.25) is 4.79 Å². The topological polar surface area (TPSA) is 29.1 Å². The zero-order valence-electron chi connectivity index (χ0n) is 9.31. The Morgan fingerprint density at radius 2 is 2.07 bits per heavy atom. The van der Waals surface area contributed by atoms with Gasteiger partial charge in [0.1, 0.15) is 5.78 Å². The summed E-state index contributed by atoms with van der Waals surface area (Å²) in [6, 6.07) is 0.488. The average molecular weight is 195 g/mol. The van der Waals surface area contributed by atoms with Crippen LogP contribution in [0, 0.1) is 11.3 Å². The van der Waals surface area contributed by atoms with Crippen molar-refractivity contribution in [2.24, 2.45) is 11.3 Å². The molecule has 1 aliphatic carbocycles. The van der Waals surface area contributed by atoms with Crippen molar-refractivity contribution < 1.29 is 4.79 Å². The van der Waals surface area contributed by atoms with Crippen molar-refractivity contribution >= 4 is 5.78 Å². The summed E-state index contributed by atoms with van der Waals surface area (Å²) in [4.78, 5) is 12.2. The smallest absolute Gasteiger partial charge is 0.143 e. The van der Waals surface area contributed by atoms with Crippen molar-refractivity contribution in [1.82, 2.24) is 5.32 Å². The molecule has 14 heavy (non-hydrogen) atoms. The number of Topliss-reactive ketones (excluding diaryl/α,β-unsaturated/α-hetero) is 1. The fourth-order valence-corrected chi connectivity index (χ4v) is 2.96. The summed E-state index contributed by atoms with van der Waals surface area (Å²) in [5.41, 5.74) is -0.0623. The molecule has 1 heterocycles. The normalized spacial score (nSPS) is 37.4. The van der Waals surface area contributed by atoms with E-state index in [0.717, 1.165) is 19.4 Å². The molecule has 1 N–H and O–H groups in total. The van der Waals surface area contributed by atoms with Crippen LogP contribution in [0.3, 0.4) is 0 Å². The number of rotatable bonds is 1. The van der Waals surface area contributed by atoms with Gasteiger partial charge in [0.2, 0.25) is 0 Å². The second kappa shape index (κ2) is 3.65. The first kappa shape index (κ1) is 10.2. The Kier molecular flexibility index (Phi) is 2.65. The Hall–Kier alpha value is -0.370. The highest BCUT2D eigenvalue weighted by Crippen LogP contribution is 2.38. The fraction of sp³-hybridized carbons (Fsp3) is 0.917. The SMILES string of the molecule is CC1(C)CCCC(C2CCCN2)C1=O. The predicted molar refractivity (Wildman–Crippen MR) is 57.2 cm³/mol. The molecule has 1 aliphatic heterocycles. The molecule has 1 saturated carbocycles. The lowest BCUT2D eigenvalue weighted by Gasteiger charge is -2.36. The van der Waals surface area contributed by atoms with E-state index in [0.29, 0.717) is 17.7 Å². The van der Waals surface area contributed by atoms with Gasteiger partial charge in [-0.25, -0.2) is 0 Å². The van der Waals surface area contributed by atoms with Crippen molar-refractivity contribution in [3.05, 3.63) is 0 Å². The largest absolute Gasteiger partial charge is 0.313 e. The van der Waals surface area contributed by atoms with Gasteiger partial charge < -0.3 is 5.32 Å². The molecule has 2 heteroatoms. The van der Waals surface area contributed by atoms with Gasteiger partial charge in [-0.2, -0.15) is 0 Å². The van der Waals surface area contributed by atoms with Crippen LogP contribution in [-0.2, 0) is 4.79 Å². The van der Waals surface area contributed by atoms with E-state index in [-0.39, 0.29) is 5.41 Å². The Morgan fingerprint density at radius 1 is 1.29 bits per heavy atom. The van der Waals surface area contributed by atoms with E-state index in [9.17, 15) is 4.79 Å². The third-order valence-electron chi connectivity index (χ3n) is 3.90. The van der Waals surface area contributed by atoms with Crippen LogP contribution < -0.4 is 5.32 Å². The number of ketones is 1. The van der Waals surface area contributed by atoms with Gasteiger partial charge in [0.05, 0.1) is 0 Å². The Balaban J connectivity index is 2.07. The third-order valence-corrected chi connectivity index (χ3v) is 3.90. The summed E-state index contributed by atoms with van der Waals surface area (Å²) in [5, 5.41) is 3.47. The van der Waals surface area contributed by atoms with Crippen molar-refractivity contribution in [1.29, 1.82) is 0 Å². The molecular formula is C12H21NO. The highest BCUT2D eigenvalue weighted by atomic mass is 16.1. The first-order valence-corrected chi connectivity index (χ1v) is 5.89. The Labute approximate surface area is 86.5 Å². The van der Waals surface area contributed by atoms with Gasteiger partial charge in [-0.1, -0.05) is 20.3 Å². The van der Waals surface area contributed by atoms with Crippen molar-refractivity contribution in [2.75, 3.05) is 6.54 Å². The Bertz CT molecular complexity index is 228. The zero-order chi connectivity index (χ0) is 10.2. The summed E-state index contributed by atoms with van der Waals surface area (Å²) in [7, 11) is 0. The van der Waals surface area contributed by atoms with Crippen LogP contribution >= 0.6 is 0 Å². The molecule has 0 bridgehead atoms. The van der Waals surface area contributed by atoms with Gasteiger partial charge in [0, 0.05) is 17.4 Å². The Morgan fingerprint density at radius 3 is 2.71 bits per heavy atom. The molecule has 2 atom stereocenters. The van der Waals surface area contributed by atoms with Crippen LogP contribution in [0.5, 0.6) is 0 Å². The van der Waals surface area contributed by atoms with Crippen molar-refractivity contribution in [3.8, 4) is 0 Å². The van der Waals surface area contributed by atoms with E-state index in [4.69, 9.17) is 0 Å². The maximum absolute atomic E-state index is 12.2. The second-order valence-electron chi connectivity index (χ2n) is 5.45. The van der Waals surface area contributed by atoms with Gasteiger partial charge in [-0.15, -0.1) is 0 Å². The van der Waals surface area contributed by atoms with Crippen LogP contribution in [-0.4, -0.2) is 18.4 Å². The van der Waals surface area contributed by atoms with Gasteiger partial charge in [0.15, 0.2) is 0 Å². The molecule has 0 aromatic carbocycles. The quantitative estimate of drug-likeness (QED) is 0.694. The molecule has 2 aliphatic rings. The molecule has 0 aromatic heterocycles. The number of hydrogen-bond acceptors (Lipinski definition) is 2. The summed E-state index contributed by atoms with van der Waals surface area (Å²) in [6.45, 7) is 5.32. The van der Waals surface area contributed by atoms with Gasteiger partial charge >= 0.3 is 0 Å². The van der Waals surface area contributed by atoms with E-state index < -0.39 is 0 Å². The minimum Gasteiger partial charge on any atom is -0.313 e. The molecule has 0 radical (unpaired) electrons. The van der Waals surface area contributed by atoms with Crippen molar-refractivity contribution in [3.63, 3.8) is 0 Å². The molecule has 2 rings (SSSR count). The summed E-state index contributed by atoms with van der Waals surface area (Å²) >= 11 is 0. The average Bonchev–Trinajstić information content (AvgIpc) is 2.62. The van der Waals surface area contributed by atoms with Crippen molar-refractivity contribution in [2.45, 2.75) is 52.0 Å². The van der Waals surface area contributed by atoms with E-state index in [1.807, 2.05) is 0 Å². The third kappa shape index (κ3) is 1.72. The first-order valence-electron chi connectivity index (χ1n) is 5.89. The summed E-state index contributed by atoms with van der Waals surface area (Å²) in [6.07, 6.45) is 5.86. The van der Waals surface area contributed by atoms with Crippen LogP contribution in [0.15, 0.2) is 0 Å². The van der Waals surface area contributed by atoms with Gasteiger partial charge in [0.25, 0.3) is 0 Å². The van der Waals surface area contributed by atoms with Crippen LogP contribution in [0.4, 0.5) is 0 Å². The van der Waals surface area contributed by atoms with E-state index in [1.54, 1.807) is 0 Å². The standard InChI is InChI=1S/C12H21NO/c1-12(2)7-3-5-9(11(12)14)10-6-4-8-13-10/h9-10,13H,3-8H2,1-2H3. The zero-order valence-corrected chi connectivity index (χ0v) is 9.31. The highest BCUT2D eigenvalue weighted by molar-refractivity contribution is 5.87. The number of carbonyl (C=O) groups excluding carboxylic acids is 1. The highest BCUT2D eigenvalue weighted by Gasteiger charge is 2.41. The van der Waals surface area contributed by atoms with Crippen LogP contribution in [0.1, 0.15) is 46.0 Å². The molecule has 2 unspecified atom stereocenters. The second-order valence-corrected chi connectivity index (χ2v) is 5.45. The fourth-order valence-electron chi connectivity index (χ4n) is 2.96. The monoisotopic (exact) mass is 195 g/mol. The first-order chi connectivity index (χ1) is 6.61. The minimum absolute atomic E-state index is 0.0623.